The lowest BCUT2D eigenvalue weighted by molar-refractivity contribution is 0.0302. The molecule has 1 unspecified atom stereocenters. The molecule has 0 aromatic rings. The zero-order valence-corrected chi connectivity index (χ0v) is 22.6. The predicted molar refractivity (Wildman–Crippen MR) is 148 cm³/mol. The molecule has 0 saturated heterocycles. The molecule has 0 aliphatic heterocycles. The van der Waals surface area contributed by atoms with Crippen molar-refractivity contribution in [2.24, 2.45) is 5.73 Å². The first kappa shape index (κ1) is 36.4. The molecule has 0 aromatic heterocycles. The van der Waals surface area contributed by atoms with Crippen LogP contribution in [0.25, 0.3) is 0 Å². The molecule has 9 heteroatoms. The van der Waals surface area contributed by atoms with Crippen molar-refractivity contribution >= 4 is 7.82 Å². The van der Waals surface area contributed by atoms with Crippen LogP contribution in [0.15, 0.2) is 73.1 Å². The SMILES string of the molecule is CCCCCCCCCCC=CC=CC=CC=CC=CC=COC(CO)COP(=O)(O)O.NCCO. The molecule has 0 saturated carbocycles. The zero-order chi connectivity index (χ0) is 27.2. The van der Waals surface area contributed by atoms with E-state index in [4.69, 9.17) is 30.5 Å². The van der Waals surface area contributed by atoms with Crippen molar-refractivity contribution < 1.29 is 33.8 Å². The molecule has 0 bridgehead atoms. The molecular formula is C27H48NO7P. The monoisotopic (exact) mass is 529 g/mol. The highest BCUT2D eigenvalue weighted by Gasteiger charge is 2.17. The second-order valence-corrected chi connectivity index (χ2v) is 9.04. The van der Waals surface area contributed by atoms with Gasteiger partial charge in [0.1, 0.15) is 6.10 Å². The first-order valence-corrected chi connectivity index (χ1v) is 14.2. The summed E-state index contributed by atoms with van der Waals surface area (Å²) >= 11 is 0. The van der Waals surface area contributed by atoms with Gasteiger partial charge in [0.2, 0.25) is 0 Å². The molecular weight excluding hydrogens is 481 g/mol. The number of phosphoric ester groups is 1. The summed E-state index contributed by atoms with van der Waals surface area (Å²) in [7, 11) is -4.57. The number of hydrogen-bond donors (Lipinski definition) is 5. The van der Waals surface area contributed by atoms with Crippen molar-refractivity contribution in [1.29, 1.82) is 0 Å². The molecule has 0 spiro atoms. The minimum Gasteiger partial charge on any atom is -0.493 e. The molecule has 6 N–H and O–H groups in total. The van der Waals surface area contributed by atoms with Crippen LogP contribution in [-0.4, -0.2) is 52.5 Å². The van der Waals surface area contributed by atoms with Crippen LogP contribution in [0.4, 0.5) is 0 Å². The number of nitrogens with two attached hydrogens (primary N) is 1. The third-order valence-electron chi connectivity index (χ3n) is 4.47. The van der Waals surface area contributed by atoms with Gasteiger partial charge in [-0.05, 0) is 18.9 Å². The molecule has 0 fully saturated rings. The van der Waals surface area contributed by atoms with E-state index in [1.165, 1.54) is 57.6 Å². The Morgan fingerprint density at radius 1 is 0.778 bits per heavy atom. The van der Waals surface area contributed by atoms with Crippen LogP contribution >= 0.6 is 7.82 Å². The van der Waals surface area contributed by atoms with Gasteiger partial charge in [-0.25, -0.2) is 4.57 Å². The summed E-state index contributed by atoms with van der Waals surface area (Å²) in [5.74, 6) is 0. The van der Waals surface area contributed by atoms with E-state index in [9.17, 15) is 4.57 Å². The van der Waals surface area contributed by atoms with E-state index >= 15 is 0 Å². The molecule has 0 heterocycles. The van der Waals surface area contributed by atoms with Crippen LogP contribution < -0.4 is 5.73 Å². The van der Waals surface area contributed by atoms with Gasteiger partial charge in [-0.2, -0.15) is 0 Å². The first-order chi connectivity index (χ1) is 17.4. The second-order valence-electron chi connectivity index (χ2n) is 7.80. The minimum atomic E-state index is -4.57. The quantitative estimate of drug-likeness (QED) is 0.0588. The lowest BCUT2D eigenvalue weighted by atomic mass is 10.1. The van der Waals surface area contributed by atoms with Gasteiger partial charge in [0, 0.05) is 6.54 Å². The van der Waals surface area contributed by atoms with Crippen LogP contribution in [0, 0.1) is 0 Å². The van der Waals surface area contributed by atoms with Gasteiger partial charge in [-0.15, -0.1) is 0 Å². The van der Waals surface area contributed by atoms with Gasteiger partial charge in [-0.3, -0.25) is 4.52 Å². The number of aliphatic hydroxyl groups is 2. The summed E-state index contributed by atoms with van der Waals surface area (Å²) in [6.07, 6.45) is 33.5. The molecule has 208 valence electrons. The Bertz CT molecular complexity index is 680. The minimum absolute atomic E-state index is 0.0972. The summed E-state index contributed by atoms with van der Waals surface area (Å²) in [6.45, 7) is 1.91. The number of phosphoric acid groups is 1. The standard InChI is InChI=1S/C25H41O6P.C2H7NO/c1-2-3-4-5-6-7-8-9-10-11-12-13-14-15-16-17-18-19-20-21-22-30-25(23-26)24-31-32(27,28)29;3-1-2-4/h11-22,25-26H,2-10,23-24H2,1H3,(H2,27,28,29);4H,1-3H2. The molecule has 0 radical (unpaired) electrons. The lowest BCUT2D eigenvalue weighted by Gasteiger charge is -2.14. The van der Waals surface area contributed by atoms with Gasteiger partial charge in [0.05, 0.1) is 26.1 Å². The summed E-state index contributed by atoms with van der Waals surface area (Å²) < 4.78 is 20.0. The average molecular weight is 530 g/mol. The second kappa shape index (κ2) is 29.5. The molecule has 0 aliphatic carbocycles. The third-order valence-corrected chi connectivity index (χ3v) is 4.96. The molecule has 0 amide bonds. The van der Waals surface area contributed by atoms with Crippen molar-refractivity contribution in [2.45, 2.75) is 70.8 Å². The van der Waals surface area contributed by atoms with E-state index in [2.05, 4.69) is 23.6 Å². The van der Waals surface area contributed by atoms with Gasteiger partial charge in [-0.1, -0.05) is 113 Å². The largest absolute Gasteiger partial charge is 0.493 e. The molecule has 0 aromatic carbocycles. The van der Waals surface area contributed by atoms with E-state index < -0.39 is 27.1 Å². The van der Waals surface area contributed by atoms with Crippen LogP contribution in [0.3, 0.4) is 0 Å². The van der Waals surface area contributed by atoms with Crippen LogP contribution in [-0.2, 0) is 13.8 Å². The number of hydrogen-bond acceptors (Lipinski definition) is 6. The Labute approximate surface area is 217 Å². The average Bonchev–Trinajstić information content (AvgIpc) is 2.86. The number of rotatable bonds is 21. The fourth-order valence-corrected chi connectivity index (χ4v) is 2.96. The smallest absolute Gasteiger partial charge is 0.469 e. The predicted octanol–water partition coefficient (Wildman–Crippen LogP) is 5.24. The fourth-order valence-electron chi connectivity index (χ4n) is 2.60. The van der Waals surface area contributed by atoms with Crippen molar-refractivity contribution in [1.82, 2.24) is 0 Å². The Kier molecular flexibility index (Phi) is 29.8. The normalized spacial score (nSPS) is 13.6. The Balaban J connectivity index is 0. The maximum Gasteiger partial charge on any atom is 0.469 e. The molecule has 0 rings (SSSR count). The van der Waals surface area contributed by atoms with Crippen molar-refractivity contribution in [3.8, 4) is 0 Å². The number of allylic oxidation sites excluding steroid dienone is 11. The summed E-state index contributed by atoms with van der Waals surface area (Å²) in [5.41, 5.74) is 4.78. The summed E-state index contributed by atoms with van der Waals surface area (Å²) in [5, 5.41) is 16.8. The summed E-state index contributed by atoms with van der Waals surface area (Å²) in [4.78, 5) is 17.2. The van der Waals surface area contributed by atoms with E-state index in [0.29, 0.717) is 6.54 Å². The Morgan fingerprint density at radius 3 is 1.72 bits per heavy atom. The number of ether oxygens (including phenoxy) is 1. The maximum absolute atomic E-state index is 10.6. The van der Waals surface area contributed by atoms with Gasteiger partial charge in [0.15, 0.2) is 0 Å². The van der Waals surface area contributed by atoms with Crippen LogP contribution in [0.1, 0.15) is 64.7 Å². The van der Waals surface area contributed by atoms with E-state index in [-0.39, 0.29) is 6.61 Å². The highest BCUT2D eigenvalue weighted by Crippen LogP contribution is 2.35. The highest BCUT2D eigenvalue weighted by molar-refractivity contribution is 7.46. The highest BCUT2D eigenvalue weighted by atomic mass is 31.2. The third kappa shape index (κ3) is 34.4. The van der Waals surface area contributed by atoms with E-state index in [0.717, 1.165) is 6.42 Å². The molecule has 36 heavy (non-hydrogen) atoms. The number of aliphatic hydroxyl groups excluding tert-OH is 2. The molecule has 0 aliphatic rings. The first-order valence-electron chi connectivity index (χ1n) is 12.7. The van der Waals surface area contributed by atoms with Crippen LogP contribution in [0.2, 0.25) is 0 Å². The van der Waals surface area contributed by atoms with Crippen molar-refractivity contribution in [3.63, 3.8) is 0 Å². The fraction of sp³-hybridized carbons (Fsp3) is 0.556. The number of unbranched alkanes of at least 4 members (excludes halogenated alkanes) is 8. The van der Waals surface area contributed by atoms with Gasteiger partial charge >= 0.3 is 7.82 Å². The molecule has 1 atom stereocenters. The van der Waals surface area contributed by atoms with Crippen molar-refractivity contribution in [2.75, 3.05) is 26.4 Å². The Hall–Kier alpha value is -1.77. The maximum atomic E-state index is 10.6. The van der Waals surface area contributed by atoms with Gasteiger partial charge < -0.3 is 30.5 Å². The van der Waals surface area contributed by atoms with E-state index in [1.54, 1.807) is 18.2 Å². The molecule has 8 nitrogen and oxygen atoms in total. The lowest BCUT2D eigenvalue weighted by Crippen LogP contribution is -2.21. The summed E-state index contributed by atoms with van der Waals surface area (Å²) in [6, 6.07) is 0. The van der Waals surface area contributed by atoms with Crippen LogP contribution in [0.5, 0.6) is 0 Å². The Morgan fingerprint density at radius 2 is 1.25 bits per heavy atom. The van der Waals surface area contributed by atoms with Crippen molar-refractivity contribution in [3.05, 3.63) is 73.1 Å². The topological polar surface area (TPSA) is 142 Å². The van der Waals surface area contributed by atoms with E-state index in [1.807, 2.05) is 36.5 Å². The zero-order valence-electron chi connectivity index (χ0n) is 21.7. The van der Waals surface area contributed by atoms with Gasteiger partial charge in [0.25, 0.3) is 0 Å².